The van der Waals surface area contributed by atoms with E-state index in [1.54, 1.807) is 44.1 Å². The molecule has 0 radical (unpaired) electrons. The molecule has 0 aromatic heterocycles. The van der Waals surface area contributed by atoms with Crippen LogP contribution in [0, 0.1) is 0 Å². The van der Waals surface area contributed by atoms with Crippen molar-refractivity contribution >= 4 is 17.6 Å². The summed E-state index contributed by atoms with van der Waals surface area (Å²) in [5.74, 6) is -0.134. The lowest BCUT2D eigenvalue weighted by atomic mass is 10.1. The van der Waals surface area contributed by atoms with Crippen molar-refractivity contribution in [2.45, 2.75) is 32.1 Å². The quantitative estimate of drug-likeness (QED) is 0.592. The summed E-state index contributed by atoms with van der Waals surface area (Å²) >= 11 is 0. The van der Waals surface area contributed by atoms with Crippen LogP contribution < -0.4 is 16.0 Å². The third-order valence-corrected chi connectivity index (χ3v) is 4.32. The molecule has 0 aliphatic rings. The van der Waals surface area contributed by atoms with Gasteiger partial charge in [-0.1, -0.05) is 24.3 Å². The lowest BCUT2D eigenvalue weighted by Crippen LogP contribution is -2.41. The zero-order valence-corrected chi connectivity index (χ0v) is 17.7. The van der Waals surface area contributed by atoms with Crippen LogP contribution in [0.4, 0.5) is 23.7 Å². The Kier molecular flexibility index (Phi) is 8.44. The van der Waals surface area contributed by atoms with Crippen molar-refractivity contribution in [3.8, 4) is 0 Å². The van der Waals surface area contributed by atoms with Crippen molar-refractivity contribution in [3.63, 3.8) is 0 Å². The van der Waals surface area contributed by atoms with Gasteiger partial charge in [0.25, 0.3) is 0 Å². The number of carbonyl (C=O) groups excluding carboxylic acids is 2. The van der Waals surface area contributed by atoms with Gasteiger partial charge in [-0.2, -0.15) is 13.2 Å². The molecule has 0 fully saturated rings. The van der Waals surface area contributed by atoms with Gasteiger partial charge in [0.15, 0.2) is 0 Å². The molecule has 9 heteroatoms. The van der Waals surface area contributed by atoms with E-state index < -0.39 is 11.7 Å². The van der Waals surface area contributed by atoms with Crippen molar-refractivity contribution in [1.82, 2.24) is 15.5 Å². The maximum atomic E-state index is 12.6. The van der Waals surface area contributed by atoms with E-state index in [0.717, 1.165) is 17.7 Å². The number of benzene rings is 2. The Morgan fingerprint density at radius 2 is 1.71 bits per heavy atom. The normalized spacial score (nSPS) is 12.4. The number of carbonyl (C=O) groups is 2. The number of likely N-dealkylation sites (N-methyl/N-ethyl adjacent to an activating group) is 1. The molecule has 31 heavy (non-hydrogen) atoms. The van der Waals surface area contributed by atoms with Gasteiger partial charge in [0.1, 0.15) is 0 Å². The average molecular weight is 436 g/mol. The van der Waals surface area contributed by atoms with Gasteiger partial charge in [-0.15, -0.1) is 0 Å². The van der Waals surface area contributed by atoms with Crippen LogP contribution in [0.1, 0.15) is 23.6 Å². The number of hydrogen-bond donors (Lipinski definition) is 3. The van der Waals surface area contributed by atoms with Gasteiger partial charge in [0.2, 0.25) is 5.91 Å². The molecular formula is C22H27F3N4O2. The Hall–Kier alpha value is -3.07. The predicted molar refractivity (Wildman–Crippen MR) is 114 cm³/mol. The highest BCUT2D eigenvalue weighted by Gasteiger charge is 2.29. The van der Waals surface area contributed by atoms with E-state index in [2.05, 4.69) is 16.0 Å². The van der Waals surface area contributed by atoms with Crippen molar-refractivity contribution in [1.29, 1.82) is 0 Å². The molecule has 1 unspecified atom stereocenters. The van der Waals surface area contributed by atoms with E-state index in [1.807, 2.05) is 6.07 Å². The molecule has 3 N–H and O–H groups in total. The topological polar surface area (TPSA) is 73.5 Å². The third kappa shape index (κ3) is 8.67. The molecule has 1 atom stereocenters. The zero-order chi connectivity index (χ0) is 23.0. The van der Waals surface area contributed by atoms with E-state index in [0.29, 0.717) is 17.7 Å². The summed E-state index contributed by atoms with van der Waals surface area (Å²) in [7, 11) is 3.61. The number of halogens is 3. The zero-order valence-electron chi connectivity index (χ0n) is 17.7. The van der Waals surface area contributed by atoms with Gasteiger partial charge in [0.05, 0.1) is 12.1 Å². The first-order valence-electron chi connectivity index (χ1n) is 9.77. The minimum atomic E-state index is -4.37. The molecule has 3 amide bonds. The minimum absolute atomic E-state index is 0.134. The van der Waals surface area contributed by atoms with Gasteiger partial charge < -0.3 is 20.9 Å². The van der Waals surface area contributed by atoms with Gasteiger partial charge in [-0.05, 0) is 62.8 Å². The molecule has 0 saturated carbocycles. The molecule has 0 aliphatic carbocycles. The lowest BCUT2D eigenvalue weighted by molar-refractivity contribution is -0.137. The van der Waals surface area contributed by atoms with Gasteiger partial charge in [-0.25, -0.2) is 4.79 Å². The van der Waals surface area contributed by atoms with Gasteiger partial charge in [-0.3, -0.25) is 4.79 Å². The smallest absolute Gasteiger partial charge is 0.335 e. The minimum Gasteiger partial charge on any atom is -0.335 e. The predicted octanol–water partition coefficient (Wildman–Crippen LogP) is 3.64. The monoisotopic (exact) mass is 436 g/mol. The standard InChI is InChI=1S/C22H27F3N4O2/c1-15(11-16-7-9-18(10-8-16)22(23,24)25)27-21(31)26-13-17-5-4-6-19(12-17)28-20(30)14-29(2)3/h4-10,12,15H,11,13-14H2,1-3H3,(H,28,30)(H2,26,27,31). The highest BCUT2D eigenvalue weighted by atomic mass is 19.4. The van der Waals surface area contributed by atoms with Crippen LogP contribution in [0.15, 0.2) is 48.5 Å². The summed E-state index contributed by atoms with van der Waals surface area (Å²) in [4.78, 5) is 25.8. The number of amides is 3. The summed E-state index contributed by atoms with van der Waals surface area (Å²) in [5, 5.41) is 8.30. The SMILES string of the molecule is CC(Cc1ccc(C(F)(F)F)cc1)NC(=O)NCc1cccc(NC(=O)CN(C)C)c1. The molecule has 168 valence electrons. The van der Waals surface area contributed by atoms with Crippen LogP contribution in [0.5, 0.6) is 0 Å². The van der Waals surface area contributed by atoms with E-state index in [4.69, 9.17) is 0 Å². The molecule has 2 aromatic carbocycles. The summed E-state index contributed by atoms with van der Waals surface area (Å²) < 4.78 is 37.9. The number of alkyl halides is 3. The Balaban J connectivity index is 1.81. The summed E-state index contributed by atoms with van der Waals surface area (Å²) in [6.07, 6.45) is -3.96. The fraction of sp³-hybridized carbons (Fsp3) is 0.364. The Morgan fingerprint density at radius 3 is 2.32 bits per heavy atom. The van der Waals surface area contributed by atoms with Crippen LogP contribution >= 0.6 is 0 Å². The molecular weight excluding hydrogens is 409 g/mol. The van der Waals surface area contributed by atoms with Gasteiger partial charge >= 0.3 is 12.2 Å². The number of nitrogens with zero attached hydrogens (tertiary/aromatic N) is 1. The number of hydrogen-bond acceptors (Lipinski definition) is 3. The van der Waals surface area contributed by atoms with Gasteiger partial charge in [0, 0.05) is 18.3 Å². The third-order valence-electron chi connectivity index (χ3n) is 4.32. The second-order valence-electron chi connectivity index (χ2n) is 7.61. The molecule has 0 saturated heterocycles. The van der Waals surface area contributed by atoms with E-state index in [1.165, 1.54) is 12.1 Å². The molecule has 0 bridgehead atoms. The summed E-state index contributed by atoms with van der Waals surface area (Å²) in [5.41, 5.74) is 1.45. The fourth-order valence-corrected chi connectivity index (χ4v) is 2.94. The van der Waals surface area contributed by atoms with Crippen molar-refractivity contribution in [2.24, 2.45) is 0 Å². The first-order valence-corrected chi connectivity index (χ1v) is 9.77. The highest BCUT2D eigenvalue weighted by molar-refractivity contribution is 5.92. The average Bonchev–Trinajstić information content (AvgIpc) is 2.65. The highest BCUT2D eigenvalue weighted by Crippen LogP contribution is 2.29. The van der Waals surface area contributed by atoms with Crippen molar-refractivity contribution in [3.05, 3.63) is 65.2 Å². The molecule has 2 aromatic rings. The summed E-state index contributed by atoms with van der Waals surface area (Å²) in [6, 6.07) is 11.4. The number of rotatable bonds is 8. The molecule has 0 aliphatic heterocycles. The van der Waals surface area contributed by atoms with Crippen molar-refractivity contribution in [2.75, 3.05) is 26.0 Å². The first-order chi connectivity index (χ1) is 14.5. The molecule has 0 heterocycles. The fourth-order valence-electron chi connectivity index (χ4n) is 2.94. The van der Waals surface area contributed by atoms with E-state index in [-0.39, 0.29) is 31.1 Å². The van der Waals surface area contributed by atoms with E-state index in [9.17, 15) is 22.8 Å². The molecule has 0 spiro atoms. The molecule has 6 nitrogen and oxygen atoms in total. The maximum absolute atomic E-state index is 12.6. The largest absolute Gasteiger partial charge is 0.416 e. The van der Waals surface area contributed by atoms with Crippen LogP contribution in [0.25, 0.3) is 0 Å². The summed E-state index contributed by atoms with van der Waals surface area (Å²) in [6.45, 7) is 2.30. The van der Waals surface area contributed by atoms with Crippen LogP contribution in [0.2, 0.25) is 0 Å². The lowest BCUT2D eigenvalue weighted by Gasteiger charge is -2.16. The number of urea groups is 1. The molecule has 2 rings (SSSR count). The Labute approximate surface area is 179 Å². The Morgan fingerprint density at radius 1 is 1.03 bits per heavy atom. The Bertz CT molecular complexity index is 883. The second kappa shape index (κ2) is 10.8. The first kappa shape index (κ1) is 24.2. The number of nitrogens with one attached hydrogen (secondary N) is 3. The second-order valence-corrected chi connectivity index (χ2v) is 7.61. The van der Waals surface area contributed by atoms with Crippen molar-refractivity contribution < 1.29 is 22.8 Å². The van der Waals surface area contributed by atoms with Crippen LogP contribution in [-0.4, -0.2) is 43.5 Å². The maximum Gasteiger partial charge on any atom is 0.416 e. The van der Waals surface area contributed by atoms with E-state index >= 15 is 0 Å². The van der Waals surface area contributed by atoms with Crippen LogP contribution in [-0.2, 0) is 23.9 Å². The number of anilines is 1. The van der Waals surface area contributed by atoms with Crippen LogP contribution in [0.3, 0.4) is 0 Å².